The highest BCUT2D eigenvalue weighted by molar-refractivity contribution is 7.09. The van der Waals surface area contributed by atoms with Crippen LogP contribution in [0.25, 0.3) is 0 Å². The van der Waals surface area contributed by atoms with E-state index in [1.165, 1.54) is 30.8 Å². The number of nitrogens with zero attached hydrogens (tertiary/aromatic N) is 1. The van der Waals surface area contributed by atoms with Gasteiger partial charge in [-0.15, -0.1) is 11.3 Å². The molecule has 0 amide bonds. The Hall–Kier alpha value is -0.410. The Balaban J connectivity index is 2.04. The molecule has 1 aromatic rings. The maximum absolute atomic E-state index is 4.47. The lowest BCUT2D eigenvalue weighted by Gasteiger charge is -2.12. The number of aryl methyl sites for hydroxylation is 2. The van der Waals surface area contributed by atoms with E-state index in [0.717, 1.165) is 24.6 Å². The average molecular weight is 240 g/mol. The van der Waals surface area contributed by atoms with Crippen molar-refractivity contribution in [3.8, 4) is 0 Å². The van der Waals surface area contributed by atoms with Gasteiger partial charge in [0.25, 0.3) is 0 Å². The first-order valence-electron chi connectivity index (χ1n) is 6.38. The summed E-state index contributed by atoms with van der Waals surface area (Å²) < 4.78 is 0. The number of hydrogen-bond acceptors (Lipinski definition) is 3. The molecule has 0 aromatic carbocycles. The molecular formula is C13H24N2S. The molecule has 3 heteroatoms. The predicted molar refractivity (Wildman–Crippen MR) is 72.1 cm³/mol. The van der Waals surface area contributed by atoms with Crippen LogP contribution in [-0.4, -0.2) is 18.1 Å². The lowest BCUT2D eigenvalue weighted by Crippen LogP contribution is -2.23. The van der Waals surface area contributed by atoms with Crippen molar-refractivity contribution >= 4 is 11.3 Å². The Kier molecular flexibility index (Phi) is 6.65. The zero-order valence-electron chi connectivity index (χ0n) is 10.8. The average Bonchev–Trinajstić information content (AvgIpc) is 2.70. The number of rotatable bonds is 8. The number of thiazole rings is 1. The number of hydrogen-bond donors (Lipinski definition) is 1. The molecule has 0 atom stereocenters. The third kappa shape index (κ3) is 5.08. The lowest BCUT2D eigenvalue weighted by atomic mass is 10.0. The summed E-state index contributed by atoms with van der Waals surface area (Å²) in [6.07, 6.45) is 4.89. The molecule has 1 rings (SSSR count). The molecule has 1 heterocycles. The van der Waals surface area contributed by atoms with E-state index in [4.69, 9.17) is 0 Å². The van der Waals surface area contributed by atoms with Gasteiger partial charge < -0.3 is 5.32 Å². The van der Waals surface area contributed by atoms with Gasteiger partial charge in [-0.05, 0) is 32.4 Å². The zero-order chi connectivity index (χ0) is 11.8. The van der Waals surface area contributed by atoms with Crippen LogP contribution in [0.3, 0.4) is 0 Å². The Morgan fingerprint density at radius 2 is 2.12 bits per heavy atom. The van der Waals surface area contributed by atoms with Crippen LogP contribution < -0.4 is 5.32 Å². The van der Waals surface area contributed by atoms with Crippen LogP contribution in [0, 0.1) is 12.8 Å². The highest BCUT2D eigenvalue weighted by Gasteiger charge is 2.02. The highest BCUT2D eigenvalue weighted by Crippen LogP contribution is 2.10. The van der Waals surface area contributed by atoms with E-state index in [-0.39, 0.29) is 0 Å². The van der Waals surface area contributed by atoms with E-state index in [2.05, 4.69) is 36.5 Å². The molecule has 16 heavy (non-hydrogen) atoms. The Morgan fingerprint density at radius 3 is 2.69 bits per heavy atom. The van der Waals surface area contributed by atoms with Crippen LogP contribution in [0.1, 0.15) is 43.8 Å². The van der Waals surface area contributed by atoms with E-state index < -0.39 is 0 Å². The van der Waals surface area contributed by atoms with Crippen molar-refractivity contribution in [1.82, 2.24) is 10.3 Å². The molecule has 0 fully saturated rings. The first-order valence-corrected chi connectivity index (χ1v) is 7.25. The summed E-state index contributed by atoms with van der Waals surface area (Å²) in [5, 5.41) is 6.95. The third-order valence-electron chi connectivity index (χ3n) is 3.00. The fourth-order valence-electron chi connectivity index (χ4n) is 1.77. The van der Waals surface area contributed by atoms with Crippen molar-refractivity contribution in [1.29, 1.82) is 0 Å². The van der Waals surface area contributed by atoms with E-state index >= 15 is 0 Å². The van der Waals surface area contributed by atoms with Gasteiger partial charge in [-0.2, -0.15) is 0 Å². The van der Waals surface area contributed by atoms with E-state index in [0.29, 0.717) is 0 Å². The molecule has 92 valence electrons. The van der Waals surface area contributed by atoms with Crippen molar-refractivity contribution in [3.63, 3.8) is 0 Å². The van der Waals surface area contributed by atoms with Crippen molar-refractivity contribution in [3.05, 3.63) is 16.1 Å². The second kappa shape index (κ2) is 7.80. The lowest BCUT2D eigenvalue weighted by molar-refractivity contribution is 0.448. The fourth-order valence-corrected chi connectivity index (χ4v) is 2.58. The van der Waals surface area contributed by atoms with Gasteiger partial charge in [-0.25, -0.2) is 4.98 Å². The van der Waals surface area contributed by atoms with Crippen molar-refractivity contribution in [2.75, 3.05) is 13.1 Å². The van der Waals surface area contributed by atoms with E-state index in [9.17, 15) is 0 Å². The van der Waals surface area contributed by atoms with Gasteiger partial charge in [0.05, 0.1) is 5.01 Å². The predicted octanol–water partition coefficient (Wildman–Crippen LogP) is 3.41. The van der Waals surface area contributed by atoms with Crippen molar-refractivity contribution in [2.24, 2.45) is 5.92 Å². The van der Waals surface area contributed by atoms with Gasteiger partial charge in [0.2, 0.25) is 0 Å². The summed E-state index contributed by atoms with van der Waals surface area (Å²) in [5.74, 6) is 0.849. The van der Waals surface area contributed by atoms with Crippen LogP contribution in [0.5, 0.6) is 0 Å². The molecule has 0 unspecified atom stereocenters. The molecule has 0 aliphatic rings. The molecule has 1 aromatic heterocycles. The Morgan fingerprint density at radius 1 is 1.38 bits per heavy atom. The van der Waals surface area contributed by atoms with Gasteiger partial charge in [-0.3, -0.25) is 0 Å². The molecule has 0 aliphatic carbocycles. The molecule has 1 N–H and O–H groups in total. The monoisotopic (exact) mass is 240 g/mol. The normalized spacial score (nSPS) is 11.2. The maximum Gasteiger partial charge on any atom is 0.0928 e. The highest BCUT2D eigenvalue weighted by atomic mass is 32.1. The van der Waals surface area contributed by atoms with Crippen LogP contribution in [-0.2, 0) is 6.42 Å². The summed E-state index contributed by atoms with van der Waals surface area (Å²) in [7, 11) is 0. The standard InChI is InChI=1S/C13H24N2S/c1-4-12(5-2)9-14-8-6-7-13-15-11(3)10-16-13/h10,12,14H,4-9H2,1-3H3. The quantitative estimate of drug-likeness (QED) is 0.704. The molecule has 0 aliphatic heterocycles. The summed E-state index contributed by atoms with van der Waals surface area (Å²) in [4.78, 5) is 4.47. The first kappa shape index (κ1) is 13.7. The molecule has 0 radical (unpaired) electrons. The SMILES string of the molecule is CCC(CC)CNCCCc1nc(C)cs1. The van der Waals surface area contributed by atoms with Crippen molar-refractivity contribution < 1.29 is 0 Å². The van der Waals surface area contributed by atoms with Crippen LogP contribution in [0.4, 0.5) is 0 Å². The largest absolute Gasteiger partial charge is 0.316 e. The van der Waals surface area contributed by atoms with Gasteiger partial charge in [0.15, 0.2) is 0 Å². The van der Waals surface area contributed by atoms with Crippen LogP contribution in [0.2, 0.25) is 0 Å². The maximum atomic E-state index is 4.47. The second-order valence-electron chi connectivity index (χ2n) is 4.37. The molecular weight excluding hydrogens is 216 g/mol. The number of nitrogens with one attached hydrogen (secondary N) is 1. The van der Waals surface area contributed by atoms with Gasteiger partial charge in [0, 0.05) is 17.5 Å². The van der Waals surface area contributed by atoms with Gasteiger partial charge >= 0.3 is 0 Å². The van der Waals surface area contributed by atoms with E-state index in [1.54, 1.807) is 11.3 Å². The molecule has 0 saturated heterocycles. The topological polar surface area (TPSA) is 24.9 Å². The van der Waals surface area contributed by atoms with Crippen LogP contribution >= 0.6 is 11.3 Å². The minimum absolute atomic E-state index is 0.849. The Bertz CT molecular complexity index is 279. The van der Waals surface area contributed by atoms with E-state index in [1.807, 2.05) is 0 Å². The molecule has 0 bridgehead atoms. The zero-order valence-corrected chi connectivity index (χ0v) is 11.6. The summed E-state index contributed by atoms with van der Waals surface area (Å²) in [6.45, 7) is 8.90. The third-order valence-corrected chi connectivity index (χ3v) is 4.02. The molecule has 0 spiro atoms. The van der Waals surface area contributed by atoms with Crippen LogP contribution in [0.15, 0.2) is 5.38 Å². The van der Waals surface area contributed by atoms with Crippen molar-refractivity contribution in [2.45, 2.75) is 46.5 Å². The first-order chi connectivity index (χ1) is 7.76. The minimum Gasteiger partial charge on any atom is -0.316 e. The fraction of sp³-hybridized carbons (Fsp3) is 0.769. The minimum atomic E-state index is 0.849. The summed E-state index contributed by atoms with van der Waals surface area (Å²) in [6, 6.07) is 0. The molecule has 2 nitrogen and oxygen atoms in total. The van der Waals surface area contributed by atoms with Gasteiger partial charge in [0.1, 0.15) is 0 Å². The smallest absolute Gasteiger partial charge is 0.0928 e. The molecule has 0 saturated carbocycles. The Labute approximate surface area is 103 Å². The summed E-state index contributed by atoms with van der Waals surface area (Å²) in [5.41, 5.74) is 1.16. The van der Waals surface area contributed by atoms with Gasteiger partial charge in [-0.1, -0.05) is 26.7 Å². The summed E-state index contributed by atoms with van der Waals surface area (Å²) >= 11 is 1.78. The number of aromatic nitrogens is 1. The second-order valence-corrected chi connectivity index (χ2v) is 5.32.